The molecule has 2 atom stereocenters. The summed E-state index contributed by atoms with van der Waals surface area (Å²) in [6, 6.07) is -1.28. The molecule has 1 saturated heterocycles. The third-order valence-electron chi connectivity index (χ3n) is 3.83. The quantitative estimate of drug-likeness (QED) is 0.707. The highest BCUT2D eigenvalue weighted by molar-refractivity contribution is 5.82. The molecule has 1 heterocycles. The van der Waals surface area contributed by atoms with Gasteiger partial charge in [0.05, 0.1) is 5.60 Å². The third-order valence-corrected chi connectivity index (χ3v) is 3.83. The van der Waals surface area contributed by atoms with Crippen LogP contribution in [-0.4, -0.2) is 41.4 Å². The minimum absolute atomic E-state index is 0.0367. The number of aliphatic carboxylic acids is 1. The summed E-state index contributed by atoms with van der Waals surface area (Å²) >= 11 is 0. The van der Waals surface area contributed by atoms with E-state index in [2.05, 4.69) is 24.5 Å². The fraction of sp³-hybridized carbons (Fsp3) is 0.846. The molecule has 2 unspecified atom stereocenters. The van der Waals surface area contributed by atoms with Gasteiger partial charge in [0.1, 0.15) is 6.04 Å². The Morgan fingerprint density at radius 1 is 1.42 bits per heavy atom. The third kappa shape index (κ3) is 4.38. The topological polar surface area (TPSA) is 87.7 Å². The number of carboxylic acid groups (broad SMARTS) is 1. The van der Waals surface area contributed by atoms with Gasteiger partial charge in [0.15, 0.2) is 0 Å². The van der Waals surface area contributed by atoms with E-state index < -0.39 is 18.0 Å². The summed E-state index contributed by atoms with van der Waals surface area (Å²) in [5, 5.41) is 14.0. The fourth-order valence-electron chi connectivity index (χ4n) is 2.38. The molecule has 6 heteroatoms. The molecule has 1 rings (SSSR count). The Morgan fingerprint density at radius 2 is 2.05 bits per heavy atom. The molecule has 0 bridgehead atoms. The first kappa shape index (κ1) is 15.8. The summed E-state index contributed by atoms with van der Waals surface area (Å²) in [6.45, 7) is 6.23. The Bertz CT molecular complexity index is 329. The molecule has 2 amide bonds. The number of hydrogen-bond acceptors (Lipinski definition) is 3. The maximum absolute atomic E-state index is 11.7. The number of hydrogen-bond donors (Lipinski definition) is 3. The minimum atomic E-state index is -1.04. The lowest BCUT2D eigenvalue weighted by atomic mass is 9.86. The van der Waals surface area contributed by atoms with Crippen molar-refractivity contribution in [3.63, 3.8) is 0 Å². The van der Waals surface area contributed by atoms with Crippen molar-refractivity contribution in [2.24, 2.45) is 0 Å². The lowest BCUT2D eigenvalue weighted by Crippen LogP contribution is -2.52. The molecule has 0 aromatic carbocycles. The fourth-order valence-corrected chi connectivity index (χ4v) is 2.38. The zero-order valence-electron chi connectivity index (χ0n) is 11.9. The van der Waals surface area contributed by atoms with Crippen LogP contribution in [0.4, 0.5) is 4.79 Å². The maximum Gasteiger partial charge on any atom is 0.325 e. The summed E-state index contributed by atoms with van der Waals surface area (Å²) < 4.78 is 5.83. The van der Waals surface area contributed by atoms with Crippen molar-refractivity contribution in [2.45, 2.75) is 64.1 Å². The molecule has 0 saturated carbocycles. The summed E-state index contributed by atoms with van der Waals surface area (Å²) in [4.78, 5) is 22.3. The molecule has 19 heavy (non-hydrogen) atoms. The van der Waals surface area contributed by atoms with Crippen LogP contribution in [0.2, 0.25) is 0 Å². The Hall–Kier alpha value is -1.30. The molecule has 0 aliphatic carbocycles. The number of amides is 2. The highest BCUT2D eigenvalue weighted by atomic mass is 16.5. The van der Waals surface area contributed by atoms with E-state index in [1.807, 2.05) is 0 Å². The Morgan fingerprint density at radius 3 is 2.58 bits per heavy atom. The number of carboxylic acids is 1. The van der Waals surface area contributed by atoms with Crippen molar-refractivity contribution in [1.29, 1.82) is 0 Å². The lowest BCUT2D eigenvalue weighted by Gasteiger charge is -2.40. The zero-order chi connectivity index (χ0) is 14.5. The Labute approximate surface area is 113 Å². The van der Waals surface area contributed by atoms with E-state index in [-0.39, 0.29) is 11.6 Å². The molecule has 110 valence electrons. The minimum Gasteiger partial charge on any atom is -0.480 e. The lowest BCUT2D eigenvalue weighted by molar-refractivity contribution is -0.138. The summed E-state index contributed by atoms with van der Waals surface area (Å²) in [6.07, 6.45) is 3.36. The van der Waals surface area contributed by atoms with Crippen molar-refractivity contribution in [1.82, 2.24) is 10.6 Å². The molecule has 1 aliphatic heterocycles. The van der Waals surface area contributed by atoms with E-state index in [1.165, 1.54) is 6.92 Å². The van der Waals surface area contributed by atoms with E-state index in [0.717, 1.165) is 25.7 Å². The molecule has 1 fully saturated rings. The predicted molar refractivity (Wildman–Crippen MR) is 71.1 cm³/mol. The first-order chi connectivity index (χ1) is 8.92. The van der Waals surface area contributed by atoms with E-state index in [9.17, 15) is 9.59 Å². The molecular weight excluding hydrogens is 248 g/mol. The number of rotatable bonds is 5. The van der Waals surface area contributed by atoms with Crippen molar-refractivity contribution in [2.75, 3.05) is 6.61 Å². The summed E-state index contributed by atoms with van der Waals surface area (Å²) in [7, 11) is 0. The van der Waals surface area contributed by atoms with Gasteiger partial charge in [-0.3, -0.25) is 4.79 Å². The van der Waals surface area contributed by atoms with Crippen molar-refractivity contribution in [3.8, 4) is 0 Å². The largest absolute Gasteiger partial charge is 0.480 e. The number of nitrogens with one attached hydrogen (secondary N) is 2. The summed E-state index contributed by atoms with van der Waals surface area (Å²) in [5.74, 6) is -1.04. The SMILES string of the molecule is CCC1(CC)CC(NC(=O)NC(C)C(=O)O)CCO1. The van der Waals surface area contributed by atoms with Gasteiger partial charge in [0.25, 0.3) is 0 Å². The first-order valence-electron chi connectivity index (χ1n) is 6.86. The normalized spacial score (nSPS) is 23.4. The molecule has 0 spiro atoms. The molecular formula is C13H24N2O4. The van der Waals surface area contributed by atoms with Crippen LogP contribution in [0.3, 0.4) is 0 Å². The zero-order valence-corrected chi connectivity index (χ0v) is 11.9. The average Bonchev–Trinajstić information content (AvgIpc) is 2.38. The van der Waals surface area contributed by atoms with Gasteiger partial charge in [-0.25, -0.2) is 4.79 Å². The average molecular weight is 272 g/mol. The van der Waals surface area contributed by atoms with E-state index in [1.54, 1.807) is 0 Å². The van der Waals surface area contributed by atoms with E-state index in [0.29, 0.717) is 6.61 Å². The maximum atomic E-state index is 11.7. The highest BCUT2D eigenvalue weighted by Crippen LogP contribution is 2.31. The van der Waals surface area contributed by atoms with Gasteiger partial charge >= 0.3 is 12.0 Å². The van der Waals surface area contributed by atoms with Crippen LogP contribution in [-0.2, 0) is 9.53 Å². The first-order valence-corrected chi connectivity index (χ1v) is 6.86. The Balaban J connectivity index is 2.48. The molecule has 3 N–H and O–H groups in total. The van der Waals surface area contributed by atoms with Crippen LogP contribution >= 0.6 is 0 Å². The second kappa shape index (κ2) is 6.75. The second-order valence-corrected chi connectivity index (χ2v) is 5.11. The predicted octanol–water partition coefficient (Wildman–Crippen LogP) is 1.50. The molecule has 1 aliphatic rings. The van der Waals surface area contributed by atoms with Gasteiger partial charge in [-0.05, 0) is 32.6 Å². The van der Waals surface area contributed by atoms with Crippen LogP contribution in [0.15, 0.2) is 0 Å². The number of carbonyl (C=O) groups is 2. The van der Waals surface area contributed by atoms with Crippen LogP contribution in [0.5, 0.6) is 0 Å². The highest BCUT2D eigenvalue weighted by Gasteiger charge is 2.35. The number of carbonyl (C=O) groups excluding carboxylic acids is 1. The molecule has 0 aromatic rings. The second-order valence-electron chi connectivity index (χ2n) is 5.11. The van der Waals surface area contributed by atoms with Gasteiger partial charge in [-0.15, -0.1) is 0 Å². The van der Waals surface area contributed by atoms with Crippen molar-refractivity contribution in [3.05, 3.63) is 0 Å². The van der Waals surface area contributed by atoms with Gasteiger partial charge < -0.3 is 20.5 Å². The van der Waals surface area contributed by atoms with E-state index in [4.69, 9.17) is 9.84 Å². The van der Waals surface area contributed by atoms with Gasteiger partial charge in [-0.2, -0.15) is 0 Å². The standard InChI is InChI=1S/C13H24N2O4/c1-4-13(5-2)8-10(6-7-19-13)15-12(18)14-9(3)11(16)17/h9-10H,4-8H2,1-3H3,(H,16,17)(H2,14,15,18). The van der Waals surface area contributed by atoms with Crippen molar-refractivity contribution >= 4 is 12.0 Å². The van der Waals surface area contributed by atoms with Crippen LogP contribution in [0.25, 0.3) is 0 Å². The van der Waals surface area contributed by atoms with Crippen molar-refractivity contribution < 1.29 is 19.4 Å². The number of ether oxygens (including phenoxy) is 1. The number of urea groups is 1. The summed E-state index contributed by atoms with van der Waals surface area (Å²) in [5.41, 5.74) is -0.158. The van der Waals surface area contributed by atoms with Crippen LogP contribution in [0, 0.1) is 0 Å². The van der Waals surface area contributed by atoms with E-state index >= 15 is 0 Å². The van der Waals surface area contributed by atoms with Gasteiger partial charge in [0.2, 0.25) is 0 Å². The Kier molecular flexibility index (Phi) is 5.60. The molecule has 6 nitrogen and oxygen atoms in total. The molecule has 0 radical (unpaired) electrons. The smallest absolute Gasteiger partial charge is 0.325 e. The monoisotopic (exact) mass is 272 g/mol. The van der Waals surface area contributed by atoms with Gasteiger partial charge in [0, 0.05) is 12.6 Å². The molecule has 0 aromatic heterocycles. The van der Waals surface area contributed by atoms with Crippen LogP contribution < -0.4 is 10.6 Å². The van der Waals surface area contributed by atoms with Gasteiger partial charge in [-0.1, -0.05) is 13.8 Å². The van der Waals surface area contributed by atoms with Crippen LogP contribution in [0.1, 0.15) is 46.5 Å².